The molecule has 1 N–H and O–H groups in total. The Balaban J connectivity index is -0.0000000800. The predicted molar refractivity (Wildman–Crippen MR) is 42.6 cm³/mol. The zero-order valence-electron chi connectivity index (χ0n) is 5.03. The molecular weight excluding hydrogens is 128 g/mol. The molecule has 0 aliphatic carbocycles. The highest BCUT2D eigenvalue weighted by molar-refractivity contribution is 6.92. The molecule has 0 aromatic carbocycles. The number of nitrogens with one attached hydrogen (secondary N) is 1. The molecule has 0 spiro atoms. The molecule has 0 radical (unpaired) electrons. The van der Waals surface area contributed by atoms with Gasteiger partial charge in [-0.15, -0.1) is 12.4 Å². The van der Waals surface area contributed by atoms with Gasteiger partial charge in [0.25, 0.3) is 0 Å². The number of rotatable bonds is 2. The largest absolute Gasteiger partial charge is 0.317 e. The van der Waals surface area contributed by atoms with E-state index < -0.39 is 0 Å². The molecular formula is C4H15ClNP. The van der Waals surface area contributed by atoms with Crippen molar-refractivity contribution in [1.82, 2.24) is 5.32 Å². The second-order valence-electron chi connectivity index (χ2n) is 0.957. The molecule has 0 fully saturated rings. The third kappa shape index (κ3) is 20.4. The molecule has 0 aromatic rings. The maximum absolute atomic E-state index is 3.11. The van der Waals surface area contributed by atoms with Crippen LogP contribution in [0.25, 0.3) is 0 Å². The smallest absolute Gasteiger partial charge is 0.00775 e. The van der Waals surface area contributed by atoms with Crippen LogP contribution in [0.3, 0.4) is 0 Å². The maximum atomic E-state index is 3.11. The standard InChI is InChI=1S/C4H11N.ClH.H3P/c1-3-5-4-2;;/h5H,3-4H2,1-2H3;1H;1H3. The number of halogens is 1. The van der Waals surface area contributed by atoms with Gasteiger partial charge < -0.3 is 5.32 Å². The molecule has 0 amide bonds. The Morgan fingerprint density at radius 1 is 1.14 bits per heavy atom. The highest BCUT2D eigenvalue weighted by atomic mass is 35.5. The van der Waals surface area contributed by atoms with Crippen LogP contribution in [0.5, 0.6) is 0 Å². The van der Waals surface area contributed by atoms with Crippen LogP contribution in [0, 0.1) is 0 Å². The lowest BCUT2D eigenvalue weighted by Crippen LogP contribution is -2.09. The van der Waals surface area contributed by atoms with E-state index in [0.717, 1.165) is 13.1 Å². The van der Waals surface area contributed by atoms with Crippen molar-refractivity contribution < 1.29 is 0 Å². The molecule has 48 valence electrons. The van der Waals surface area contributed by atoms with E-state index in [1.54, 1.807) is 0 Å². The topological polar surface area (TPSA) is 12.0 Å². The minimum absolute atomic E-state index is 0. The van der Waals surface area contributed by atoms with Crippen LogP contribution in [-0.2, 0) is 0 Å². The molecule has 1 nitrogen and oxygen atoms in total. The Hall–Kier alpha value is 0.680. The summed E-state index contributed by atoms with van der Waals surface area (Å²) in [6.45, 7) is 6.39. The minimum atomic E-state index is 0. The van der Waals surface area contributed by atoms with Gasteiger partial charge in [-0.1, -0.05) is 13.8 Å². The van der Waals surface area contributed by atoms with Crippen molar-refractivity contribution in [3.05, 3.63) is 0 Å². The second kappa shape index (κ2) is 15.9. The second-order valence-corrected chi connectivity index (χ2v) is 0.957. The van der Waals surface area contributed by atoms with Crippen LogP contribution in [0.4, 0.5) is 0 Å². The third-order valence-electron chi connectivity index (χ3n) is 0.500. The Labute approximate surface area is 55.3 Å². The molecule has 1 unspecified atom stereocenters. The predicted octanol–water partition coefficient (Wildman–Crippen LogP) is 1.10. The molecule has 0 saturated heterocycles. The van der Waals surface area contributed by atoms with Gasteiger partial charge in [-0.2, -0.15) is 9.90 Å². The average molecular weight is 144 g/mol. The van der Waals surface area contributed by atoms with Crippen molar-refractivity contribution in [3.8, 4) is 0 Å². The van der Waals surface area contributed by atoms with Gasteiger partial charge in [-0.05, 0) is 13.1 Å². The van der Waals surface area contributed by atoms with Crippen LogP contribution in [-0.4, -0.2) is 13.1 Å². The fraction of sp³-hybridized carbons (Fsp3) is 1.00. The van der Waals surface area contributed by atoms with E-state index in [0.29, 0.717) is 0 Å². The summed E-state index contributed by atoms with van der Waals surface area (Å²) in [5.41, 5.74) is 0. The Bertz CT molecular complexity index is 19.2. The highest BCUT2D eigenvalue weighted by Crippen LogP contribution is 1.47. The van der Waals surface area contributed by atoms with E-state index in [-0.39, 0.29) is 22.3 Å². The van der Waals surface area contributed by atoms with E-state index in [2.05, 4.69) is 19.2 Å². The molecule has 0 heterocycles. The molecule has 7 heavy (non-hydrogen) atoms. The number of hydrogen-bond acceptors (Lipinski definition) is 1. The minimum Gasteiger partial charge on any atom is -0.317 e. The van der Waals surface area contributed by atoms with Crippen molar-refractivity contribution in [3.63, 3.8) is 0 Å². The molecule has 0 aromatic heterocycles. The molecule has 0 saturated carbocycles. The Morgan fingerprint density at radius 2 is 1.43 bits per heavy atom. The zero-order chi connectivity index (χ0) is 4.12. The normalized spacial score (nSPS) is 6.00. The maximum Gasteiger partial charge on any atom is -0.00775 e. The lowest BCUT2D eigenvalue weighted by atomic mass is 10.7. The SMILES string of the molecule is CCNCC.Cl.P. The molecule has 0 bridgehead atoms. The summed E-state index contributed by atoms with van der Waals surface area (Å²) >= 11 is 0. The molecule has 0 rings (SSSR count). The van der Waals surface area contributed by atoms with Crippen molar-refractivity contribution in [2.45, 2.75) is 13.8 Å². The van der Waals surface area contributed by atoms with Gasteiger partial charge in [0, 0.05) is 0 Å². The molecule has 0 aliphatic rings. The van der Waals surface area contributed by atoms with E-state index in [9.17, 15) is 0 Å². The monoisotopic (exact) mass is 143 g/mol. The van der Waals surface area contributed by atoms with Crippen molar-refractivity contribution in [2.75, 3.05) is 13.1 Å². The van der Waals surface area contributed by atoms with E-state index in [1.807, 2.05) is 0 Å². The quantitative estimate of drug-likeness (QED) is 0.571. The fourth-order valence-electron chi connectivity index (χ4n) is 0.250. The summed E-state index contributed by atoms with van der Waals surface area (Å²) in [5.74, 6) is 0. The lowest BCUT2D eigenvalue weighted by Gasteiger charge is -1.86. The first-order chi connectivity index (χ1) is 2.41. The van der Waals surface area contributed by atoms with Gasteiger partial charge in [-0.25, -0.2) is 0 Å². The van der Waals surface area contributed by atoms with Crippen molar-refractivity contribution >= 4 is 22.3 Å². The summed E-state index contributed by atoms with van der Waals surface area (Å²) in [5, 5.41) is 3.11. The summed E-state index contributed by atoms with van der Waals surface area (Å²) < 4.78 is 0. The van der Waals surface area contributed by atoms with E-state index >= 15 is 0 Å². The Kier molecular flexibility index (Phi) is 35.6. The third-order valence-corrected chi connectivity index (χ3v) is 0.500. The highest BCUT2D eigenvalue weighted by Gasteiger charge is 1.62. The van der Waals surface area contributed by atoms with E-state index in [1.165, 1.54) is 0 Å². The van der Waals surface area contributed by atoms with Crippen LogP contribution < -0.4 is 5.32 Å². The summed E-state index contributed by atoms with van der Waals surface area (Å²) in [7, 11) is 0. The Morgan fingerprint density at radius 3 is 1.43 bits per heavy atom. The van der Waals surface area contributed by atoms with Gasteiger partial charge in [0.05, 0.1) is 0 Å². The van der Waals surface area contributed by atoms with Crippen molar-refractivity contribution in [2.24, 2.45) is 0 Å². The number of hydrogen-bond donors (Lipinski definition) is 1. The lowest BCUT2D eigenvalue weighted by molar-refractivity contribution is 0.762. The summed E-state index contributed by atoms with van der Waals surface area (Å²) in [6, 6.07) is 0. The first-order valence-electron chi connectivity index (χ1n) is 2.12. The van der Waals surface area contributed by atoms with Crippen LogP contribution >= 0.6 is 22.3 Å². The summed E-state index contributed by atoms with van der Waals surface area (Å²) in [4.78, 5) is 0. The first-order valence-corrected chi connectivity index (χ1v) is 2.12. The van der Waals surface area contributed by atoms with Gasteiger partial charge in [-0.3, -0.25) is 0 Å². The molecule has 3 heteroatoms. The van der Waals surface area contributed by atoms with Gasteiger partial charge in [0.15, 0.2) is 0 Å². The van der Waals surface area contributed by atoms with Gasteiger partial charge >= 0.3 is 0 Å². The van der Waals surface area contributed by atoms with Gasteiger partial charge in [0.2, 0.25) is 0 Å². The first kappa shape index (κ1) is 15.6. The van der Waals surface area contributed by atoms with Gasteiger partial charge in [0.1, 0.15) is 0 Å². The van der Waals surface area contributed by atoms with Crippen LogP contribution in [0.15, 0.2) is 0 Å². The average Bonchev–Trinajstić information content (AvgIpc) is 1.41. The molecule has 1 atom stereocenters. The van der Waals surface area contributed by atoms with Crippen molar-refractivity contribution in [1.29, 1.82) is 0 Å². The van der Waals surface area contributed by atoms with Crippen LogP contribution in [0.2, 0.25) is 0 Å². The molecule has 0 aliphatic heterocycles. The fourth-order valence-corrected chi connectivity index (χ4v) is 0.250. The van der Waals surface area contributed by atoms with Crippen LogP contribution in [0.1, 0.15) is 13.8 Å². The summed E-state index contributed by atoms with van der Waals surface area (Å²) in [6.07, 6.45) is 0. The zero-order valence-corrected chi connectivity index (χ0v) is 7.26. The van der Waals surface area contributed by atoms with E-state index in [4.69, 9.17) is 0 Å².